The highest BCUT2D eigenvalue weighted by Crippen LogP contribution is 2.25. The molecular formula is C15H15N9. The molecule has 0 saturated carbocycles. The number of fused-ring (bicyclic) bond motifs is 1. The van der Waals surface area contributed by atoms with Crippen LogP contribution in [0.1, 0.15) is 11.4 Å². The molecule has 0 aliphatic carbocycles. The SMILES string of the molecule is Cc1nnc2ccc(N3CC(N(C)c4nnccc4C#N)C3)nn12. The number of hydrogen-bond acceptors (Lipinski definition) is 8. The molecule has 3 aromatic heterocycles. The van der Waals surface area contributed by atoms with Crippen molar-refractivity contribution in [1.82, 2.24) is 30.0 Å². The highest BCUT2D eigenvalue weighted by atomic mass is 15.4. The van der Waals surface area contributed by atoms with Gasteiger partial charge in [0.2, 0.25) is 0 Å². The summed E-state index contributed by atoms with van der Waals surface area (Å²) in [5, 5.41) is 29.8. The predicted octanol–water partition coefficient (Wildman–Crippen LogP) is 0.419. The molecular weight excluding hydrogens is 306 g/mol. The van der Waals surface area contributed by atoms with Crippen molar-refractivity contribution in [3.63, 3.8) is 0 Å². The third kappa shape index (κ3) is 2.20. The number of likely N-dealkylation sites (N-methyl/N-ethyl adjacent to an activating group) is 1. The van der Waals surface area contributed by atoms with E-state index in [0.29, 0.717) is 11.4 Å². The molecule has 0 amide bonds. The summed E-state index contributed by atoms with van der Waals surface area (Å²) in [6, 6.07) is 7.96. The fraction of sp³-hybridized carbons (Fsp3) is 0.333. The van der Waals surface area contributed by atoms with E-state index in [2.05, 4.69) is 36.5 Å². The molecule has 0 bridgehead atoms. The number of nitriles is 1. The summed E-state index contributed by atoms with van der Waals surface area (Å²) in [5.41, 5.74) is 1.27. The van der Waals surface area contributed by atoms with Crippen LogP contribution in [-0.2, 0) is 0 Å². The zero-order chi connectivity index (χ0) is 16.7. The van der Waals surface area contributed by atoms with Crippen molar-refractivity contribution in [2.24, 2.45) is 0 Å². The van der Waals surface area contributed by atoms with Gasteiger partial charge >= 0.3 is 0 Å². The van der Waals surface area contributed by atoms with Crippen molar-refractivity contribution in [3.8, 4) is 6.07 Å². The van der Waals surface area contributed by atoms with Gasteiger partial charge in [-0.25, -0.2) is 0 Å². The molecule has 0 spiro atoms. The zero-order valence-corrected chi connectivity index (χ0v) is 13.3. The molecule has 9 heteroatoms. The Morgan fingerprint density at radius 3 is 2.83 bits per heavy atom. The van der Waals surface area contributed by atoms with Crippen LogP contribution in [0, 0.1) is 18.3 Å². The van der Waals surface area contributed by atoms with Crippen molar-refractivity contribution < 1.29 is 0 Å². The molecule has 0 radical (unpaired) electrons. The van der Waals surface area contributed by atoms with E-state index in [1.807, 2.05) is 31.0 Å². The molecule has 4 heterocycles. The molecule has 0 aromatic carbocycles. The first-order chi connectivity index (χ1) is 11.7. The van der Waals surface area contributed by atoms with Crippen molar-refractivity contribution in [1.29, 1.82) is 5.26 Å². The first-order valence-corrected chi connectivity index (χ1v) is 7.56. The summed E-state index contributed by atoms with van der Waals surface area (Å²) in [5.74, 6) is 2.26. The van der Waals surface area contributed by atoms with E-state index in [-0.39, 0.29) is 6.04 Å². The summed E-state index contributed by atoms with van der Waals surface area (Å²) in [6.45, 7) is 3.48. The van der Waals surface area contributed by atoms with Gasteiger partial charge in [0.05, 0.1) is 17.8 Å². The van der Waals surface area contributed by atoms with Gasteiger partial charge in [0.25, 0.3) is 0 Å². The third-order valence-corrected chi connectivity index (χ3v) is 4.29. The number of nitrogens with zero attached hydrogens (tertiary/aromatic N) is 9. The van der Waals surface area contributed by atoms with Crippen LogP contribution in [0.25, 0.3) is 5.65 Å². The normalized spacial score (nSPS) is 14.5. The van der Waals surface area contributed by atoms with Gasteiger partial charge in [-0.2, -0.15) is 14.9 Å². The number of aryl methyl sites for hydroxylation is 1. The van der Waals surface area contributed by atoms with E-state index in [1.165, 1.54) is 6.20 Å². The maximum absolute atomic E-state index is 9.20. The molecule has 1 aliphatic rings. The van der Waals surface area contributed by atoms with Crippen molar-refractivity contribution in [2.45, 2.75) is 13.0 Å². The van der Waals surface area contributed by atoms with Crippen molar-refractivity contribution in [3.05, 3.63) is 35.8 Å². The predicted molar refractivity (Wildman–Crippen MR) is 86.7 cm³/mol. The monoisotopic (exact) mass is 321 g/mol. The smallest absolute Gasteiger partial charge is 0.178 e. The summed E-state index contributed by atoms with van der Waals surface area (Å²) in [6.07, 6.45) is 1.53. The van der Waals surface area contributed by atoms with Crippen LogP contribution >= 0.6 is 0 Å². The number of aromatic nitrogens is 6. The molecule has 1 fully saturated rings. The van der Waals surface area contributed by atoms with Crippen LogP contribution in [0.2, 0.25) is 0 Å². The second-order valence-electron chi connectivity index (χ2n) is 5.76. The Hall–Kier alpha value is -3.28. The molecule has 1 aliphatic heterocycles. The van der Waals surface area contributed by atoms with E-state index < -0.39 is 0 Å². The quantitative estimate of drug-likeness (QED) is 0.684. The van der Waals surface area contributed by atoms with Gasteiger partial charge in [0, 0.05) is 20.1 Å². The van der Waals surface area contributed by atoms with Gasteiger partial charge in [-0.1, -0.05) is 0 Å². The maximum atomic E-state index is 9.20. The minimum absolute atomic E-state index is 0.258. The summed E-state index contributed by atoms with van der Waals surface area (Å²) in [4.78, 5) is 4.17. The van der Waals surface area contributed by atoms with Gasteiger partial charge in [-0.3, -0.25) is 0 Å². The fourth-order valence-electron chi connectivity index (χ4n) is 2.79. The first-order valence-electron chi connectivity index (χ1n) is 7.56. The minimum atomic E-state index is 0.258. The molecule has 1 saturated heterocycles. The topological polar surface area (TPSA) is 99.1 Å². The molecule has 0 unspecified atom stereocenters. The molecule has 9 nitrogen and oxygen atoms in total. The molecule has 0 N–H and O–H groups in total. The highest BCUT2D eigenvalue weighted by molar-refractivity contribution is 5.55. The lowest BCUT2D eigenvalue weighted by Gasteiger charge is -2.44. The number of anilines is 2. The van der Waals surface area contributed by atoms with Crippen LogP contribution < -0.4 is 9.80 Å². The van der Waals surface area contributed by atoms with Crippen molar-refractivity contribution in [2.75, 3.05) is 29.9 Å². The Balaban J connectivity index is 1.51. The van der Waals surface area contributed by atoms with Crippen molar-refractivity contribution >= 4 is 17.3 Å². The number of rotatable bonds is 3. The second kappa shape index (κ2) is 5.42. The summed E-state index contributed by atoms with van der Waals surface area (Å²) < 4.78 is 1.74. The Bertz CT molecular complexity index is 936. The summed E-state index contributed by atoms with van der Waals surface area (Å²) in [7, 11) is 1.94. The highest BCUT2D eigenvalue weighted by Gasteiger charge is 2.33. The Morgan fingerprint density at radius 2 is 2.04 bits per heavy atom. The largest absolute Gasteiger partial charge is 0.351 e. The lowest BCUT2D eigenvalue weighted by Crippen LogP contribution is -2.59. The lowest BCUT2D eigenvalue weighted by molar-refractivity contribution is 0.485. The van der Waals surface area contributed by atoms with E-state index in [9.17, 15) is 5.26 Å². The Labute approximate surface area is 138 Å². The lowest BCUT2D eigenvalue weighted by atomic mass is 10.1. The van der Waals surface area contributed by atoms with Gasteiger partial charge in [0.15, 0.2) is 17.3 Å². The van der Waals surface area contributed by atoms with E-state index >= 15 is 0 Å². The van der Waals surface area contributed by atoms with Crippen LogP contribution in [0.15, 0.2) is 24.4 Å². The second-order valence-corrected chi connectivity index (χ2v) is 5.76. The van der Waals surface area contributed by atoms with E-state index in [1.54, 1.807) is 10.6 Å². The van der Waals surface area contributed by atoms with E-state index in [4.69, 9.17) is 0 Å². The van der Waals surface area contributed by atoms with Crippen LogP contribution in [0.3, 0.4) is 0 Å². The number of hydrogen-bond donors (Lipinski definition) is 0. The average molecular weight is 321 g/mol. The standard InChI is InChI=1S/C15H15N9/c1-10-18-19-13-3-4-14(21-24(10)13)23-8-12(9-23)22(2)15-11(7-16)5-6-17-20-15/h3-6,12H,8-9H2,1-2H3. The Kier molecular flexibility index (Phi) is 3.23. The average Bonchev–Trinajstić information content (AvgIpc) is 2.94. The van der Waals surface area contributed by atoms with E-state index in [0.717, 1.165) is 30.4 Å². The maximum Gasteiger partial charge on any atom is 0.178 e. The van der Waals surface area contributed by atoms with Gasteiger partial charge in [0.1, 0.15) is 11.9 Å². The van der Waals surface area contributed by atoms with Gasteiger partial charge in [-0.05, 0) is 25.1 Å². The van der Waals surface area contributed by atoms with Crippen LogP contribution in [0.5, 0.6) is 0 Å². The molecule has 24 heavy (non-hydrogen) atoms. The third-order valence-electron chi connectivity index (χ3n) is 4.29. The van der Waals surface area contributed by atoms with Crippen LogP contribution in [0.4, 0.5) is 11.6 Å². The fourth-order valence-corrected chi connectivity index (χ4v) is 2.79. The van der Waals surface area contributed by atoms with Gasteiger partial charge in [-0.15, -0.1) is 20.4 Å². The minimum Gasteiger partial charge on any atom is -0.351 e. The Morgan fingerprint density at radius 1 is 1.21 bits per heavy atom. The summed E-state index contributed by atoms with van der Waals surface area (Å²) >= 11 is 0. The zero-order valence-electron chi connectivity index (χ0n) is 13.3. The molecule has 3 aromatic rings. The first kappa shape index (κ1) is 14.3. The molecule has 120 valence electrons. The molecule has 0 atom stereocenters. The molecule has 4 rings (SSSR count). The van der Waals surface area contributed by atoms with Gasteiger partial charge < -0.3 is 9.80 Å². The van der Waals surface area contributed by atoms with Crippen LogP contribution in [-0.4, -0.2) is 56.2 Å².